The first-order chi connectivity index (χ1) is 22.6. The largest absolute Gasteiger partial charge is 0.496 e. The van der Waals surface area contributed by atoms with E-state index in [0.717, 1.165) is 42.1 Å². The van der Waals surface area contributed by atoms with Gasteiger partial charge in [-0.25, -0.2) is 0 Å². The molecular formula is C42H64N4O. The number of piperidine rings is 1. The monoisotopic (exact) mass is 641 g/mol. The van der Waals surface area contributed by atoms with Crippen LogP contribution in [-0.4, -0.2) is 42.3 Å². The molecule has 0 atom stereocenters. The number of nitrogens with one attached hydrogen (secondary N) is 1. The quantitative estimate of drug-likeness (QED) is 0.151. The molecule has 1 fully saturated rings. The number of likely N-dealkylation sites (tertiary alicyclic amines) is 1. The van der Waals surface area contributed by atoms with Gasteiger partial charge in [0.15, 0.2) is 0 Å². The Kier molecular flexibility index (Phi) is 18.1. The molecule has 1 N–H and O–H groups in total. The van der Waals surface area contributed by atoms with E-state index in [2.05, 4.69) is 114 Å². The van der Waals surface area contributed by atoms with Crippen molar-refractivity contribution >= 4 is 23.6 Å². The second-order valence-electron chi connectivity index (χ2n) is 13.1. The fraction of sp³-hybridized carbons (Fsp3) is 0.524. The molecule has 0 bridgehead atoms. The number of rotatable bonds is 11. The molecule has 2 aliphatic heterocycles. The molecule has 2 aromatic rings. The summed E-state index contributed by atoms with van der Waals surface area (Å²) < 4.78 is 5.00. The number of hydrogen-bond acceptors (Lipinski definition) is 5. The summed E-state index contributed by atoms with van der Waals surface area (Å²) in [4.78, 5) is 11.8. The van der Waals surface area contributed by atoms with Crippen LogP contribution < -0.4 is 5.32 Å². The Bertz CT molecular complexity index is 1370. The SMILES string of the molecule is C=C(C=N/C=C(\C)c1cc2c(c(CCC)n1)/C(=C/CCCC)NC=C2)OC.CCC.Cc1ccc(C2CCN(C(C)C)CC2)c(C)c1. The van der Waals surface area contributed by atoms with Crippen molar-refractivity contribution in [1.29, 1.82) is 0 Å². The molecule has 0 unspecified atom stereocenters. The van der Waals surface area contributed by atoms with Crippen molar-refractivity contribution in [2.75, 3.05) is 20.2 Å². The van der Waals surface area contributed by atoms with E-state index in [1.54, 1.807) is 25.1 Å². The Morgan fingerprint density at radius 3 is 2.40 bits per heavy atom. The molecule has 47 heavy (non-hydrogen) atoms. The number of methoxy groups -OCH3 is 1. The van der Waals surface area contributed by atoms with E-state index in [1.165, 1.54) is 73.1 Å². The highest BCUT2D eigenvalue weighted by Gasteiger charge is 2.23. The minimum Gasteiger partial charge on any atom is -0.496 e. The van der Waals surface area contributed by atoms with Crippen LogP contribution in [0.1, 0.15) is 139 Å². The van der Waals surface area contributed by atoms with Crippen molar-refractivity contribution in [2.24, 2.45) is 4.99 Å². The van der Waals surface area contributed by atoms with Gasteiger partial charge in [-0.05, 0) is 120 Å². The van der Waals surface area contributed by atoms with Crippen LogP contribution >= 0.6 is 0 Å². The van der Waals surface area contributed by atoms with Crippen molar-refractivity contribution in [2.45, 2.75) is 126 Å². The molecule has 1 aromatic heterocycles. The van der Waals surface area contributed by atoms with Crippen molar-refractivity contribution in [3.8, 4) is 0 Å². The summed E-state index contributed by atoms with van der Waals surface area (Å²) in [5.41, 5.74) is 11.2. The zero-order valence-electron chi connectivity index (χ0n) is 31.4. The van der Waals surface area contributed by atoms with Gasteiger partial charge in [-0.3, -0.25) is 9.98 Å². The van der Waals surface area contributed by atoms with Gasteiger partial charge in [0.1, 0.15) is 5.76 Å². The van der Waals surface area contributed by atoms with Gasteiger partial charge in [-0.1, -0.05) is 83.4 Å². The van der Waals surface area contributed by atoms with Crippen molar-refractivity contribution in [3.05, 3.63) is 94.3 Å². The number of allylic oxidation sites excluding steroid dienone is 3. The average Bonchev–Trinajstić information content (AvgIpc) is 3.05. The fourth-order valence-electron chi connectivity index (χ4n) is 5.95. The van der Waals surface area contributed by atoms with Crippen LogP contribution in [0.2, 0.25) is 0 Å². The molecule has 0 saturated carbocycles. The third kappa shape index (κ3) is 12.9. The second kappa shape index (κ2) is 21.4. The van der Waals surface area contributed by atoms with E-state index in [0.29, 0.717) is 11.8 Å². The van der Waals surface area contributed by atoms with Crippen LogP contribution in [0.25, 0.3) is 17.3 Å². The normalized spacial score (nSPS) is 15.9. The third-order valence-electron chi connectivity index (χ3n) is 8.57. The number of fused-ring (bicyclic) bond motifs is 1. The molecule has 0 radical (unpaired) electrons. The Morgan fingerprint density at radius 2 is 1.81 bits per heavy atom. The van der Waals surface area contributed by atoms with Crippen LogP contribution in [0.15, 0.2) is 60.1 Å². The average molecular weight is 641 g/mol. The lowest BCUT2D eigenvalue weighted by Crippen LogP contribution is -2.37. The highest BCUT2D eigenvalue weighted by atomic mass is 16.5. The first-order valence-electron chi connectivity index (χ1n) is 18.0. The number of nitrogens with zero attached hydrogens (tertiary/aromatic N) is 3. The molecule has 258 valence electrons. The minimum atomic E-state index is 0.528. The Hall–Kier alpha value is -3.44. The number of hydrogen-bond donors (Lipinski definition) is 1. The molecule has 0 spiro atoms. The fourth-order valence-corrected chi connectivity index (χ4v) is 5.95. The molecule has 1 aromatic carbocycles. The molecule has 5 heteroatoms. The van der Waals surface area contributed by atoms with Crippen LogP contribution in [0, 0.1) is 13.8 Å². The summed E-state index contributed by atoms with van der Waals surface area (Å²) in [6.45, 7) is 26.0. The lowest BCUT2D eigenvalue weighted by atomic mass is 9.86. The van der Waals surface area contributed by atoms with Gasteiger partial charge < -0.3 is 15.0 Å². The molecule has 1 saturated heterocycles. The number of aliphatic imine (C=N–C) groups is 1. The molecule has 2 aliphatic rings. The lowest BCUT2D eigenvalue weighted by molar-refractivity contribution is 0.171. The summed E-state index contributed by atoms with van der Waals surface area (Å²) in [7, 11) is 1.58. The van der Waals surface area contributed by atoms with Crippen LogP contribution in [0.4, 0.5) is 0 Å². The highest BCUT2D eigenvalue weighted by Crippen LogP contribution is 2.32. The maximum atomic E-state index is 5.00. The predicted octanol–water partition coefficient (Wildman–Crippen LogP) is 11.0. The maximum absolute atomic E-state index is 5.00. The molecular weight excluding hydrogens is 576 g/mol. The van der Waals surface area contributed by atoms with Crippen LogP contribution in [0.3, 0.4) is 0 Å². The van der Waals surface area contributed by atoms with Gasteiger partial charge in [0.25, 0.3) is 0 Å². The van der Waals surface area contributed by atoms with E-state index in [1.807, 2.05) is 13.1 Å². The van der Waals surface area contributed by atoms with E-state index < -0.39 is 0 Å². The molecule has 0 amide bonds. The third-order valence-corrected chi connectivity index (χ3v) is 8.57. The van der Waals surface area contributed by atoms with Crippen LogP contribution in [0.5, 0.6) is 0 Å². The highest BCUT2D eigenvalue weighted by molar-refractivity contribution is 5.81. The van der Waals surface area contributed by atoms with E-state index in [9.17, 15) is 0 Å². The smallest absolute Gasteiger partial charge is 0.129 e. The minimum absolute atomic E-state index is 0.528. The summed E-state index contributed by atoms with van der Waals surface area (Å²) in [5, 5.41) is 3.41. The zero-order chi connectivity index (χ0) is 34.8. The molecule has 0 aliphatic carbocycles. The van der Waals surface area contributed by atoms with E-state index in [4.69, 9.17) is 9.72 Å². The second-order valence-corrected chi connectivity index (χ2v) is 13.1. The number of unbranched alkanes of at least 4 members (excludes halogenated alkanes) is 2. The van der Waals surface area contributed by atoms with Crippen molar-refractivity contribution in [3.63, 3.8) is 0 Å². The summed E-state index contributed by atoms with van der Waals surface area (Å²) >= 11 is 0. The Balaban J connectivity index is 0.000000327. The van der Waals surface area contributed by atoms with Crippen molar-refractivity contribution < 1.29 is 4.74 Å². The summed E-state index contributed by atoms with van der Waals surface area (Å²) in [5.74, 6) is 1.31. The van der Waals surface area contributed by atoms with Gasteiger partial charge in [-0.15, -0.1) is 0 Å². The lowest BCUT2D eigenvalue weighted by Gasteiger charge is -2.35. The Morgan fingerprint density at radius 1 is 1.11 bits per heavy atom. The Labute approximate surface area is 288 Å². The maximum Gasteiger partial charge on any atom is 0.129 e. The van der Waals surface area contributed by atoms with Crippen LogP contribution in [-0.2, 0) is 11.2 Å². The summed E-state index contributed by atoms with van der Waals surface area (Å²) in [6.07, 6.45) is 19.2. The molecule has 3 heterocycles. The first kappa shape index (κ1) is 39.7. The van der Waals surface area contributed by atoms with Gasteiger partial charge >= 0.3 is 0 Å². The number of benzene rings is 1. The topological polar surface area (TPSA) is 49.8 Å². The van der Waals surface area contributed by atoms with Gasteiger partial charge in [0.05, 0.1) is 24.7 Å². The van der Waals surface area contributed by atoms with E-state index >= 15 is 0 Å². The molecule has 5 nitrogen and oxygen atoms in total. The van der Waals surface area contributed by atoms with Crippen molar-refractivity contribution in [1.82, 2.24) is 15.2 Å². The number of aromatic nitrogens is 1. The number of aryl methyl sites for hydroxylation is 3. The van der Waals surface area contributed by atoms with E-state index in [-0.39, 0.29) is 0 Å². The van der Waals surface area contributed by atoms with Gasteiger partial charge in [-0.2, -0.15) is 0 Å². The summed E-state index contributed by atoms with van der Waals surface area (Å²) in [6, 6.07) is 9.78. The number of ether oxygens (including phenoxy) is 1. The standard InChI is InChI=1S/C23H31N3O.C16H25N.C3H8/c1-6-8-9-11-20-23-19(12-13-25-20)14-22(26-21(23)10-7-2)17(3)15-24-16-18(4)27-5;1-12(2)17-9-7-15(8-10-17)16-6-5-13(3)11-14(16)4;1-3-2/h11-16,25H,4,6-10H2,1-3,5H3;5-6,11-12,15H,7-10H2,1-4H3;3H2,1-2H3/b17-15+,20-11-,24-16?;;. The van der Waals surface area contributed by atoms with Gasteiger partial charge in [0, 0.05) is 29.7 Å². The first-order valence-corrected chi connectivity index (χ1v) is 18.0. The molecule has 4 rings (SSSR count). The number of pyridine rings is 1. The predicted molar refractivity (Wildman–Crippen MR) is 207 cm³/mol. The zero-order valence-corrected chi connectivity index (χ0v) is 31.4. The van der Waals surface area contributed by atoms with Gasteiger partial charge in [0.2, 0.25) is 0 Å².